The summed E-state index contributed by atoms with van der Waals surface area (Å²) in [4.78, 5) is 0. The van der Waals surface area contributed by atoms with Gasteiger partial charge in [-0.15, -0.1) is 7.87 Å². The average Bonchev–Trinajstić information content (AvgIpc) is 2.19. The monoisotopic (exact) mass is 162 g/mol. The van der Waals surface area contributed by atoms with Gasteiger partial charge in [0.25, 0.3) is 0 Å². The minimum atomic E-state index is 1.10. The number of hydrogen-bond acceptors (Lipinski definition) is 0. The molecule has 44 valence electrons. The van der Waals surface area contributed by atoms with Gasteiger partial charge in [-0.3, -0.25) is 0 Å². The summed E-state index contributed by atoms with van der Waals surface area (Å²) in [5.41, 5.74) is 0. The first-order valence-electron chi connectivity index (χ1n) is 2.79. The van der Waals surface area contributed by atoms with E-state index in [-0.39, 0.29) is 0 Å². The van der Waals surface area contributed by atoms with Gasteiger partial charge in [-0.2, -0.15) is 0 Å². The minimum Gasteiger partial charge on any atom is -0.105 e. The maximum Gasteiger partial charge on any atom is -0.0118 e. The molecule has 0 aliphatic heterocycles. The lowest BCUT2D eigenvalue weighted by molar-refractivity contribution is 0.942. The molecule has 0 aliphatic rings. The van der Waals surface area contributed by atoms with E-state index in [4.69, 9.17) is 0 Å². The van der Waals surface area contributed by atoms with E-state index in [0.717, 1.165) is 7.87 Å². The third-order valence-corrected chi connectivity index (χ3v) is 6.26. The van der Waals surface area contributed by atoms with Gasteiger partial charge in [0.05, 0.1) is 0 Å². The highest BCUT2D eigenvalue weighted by atomic mass is 32.1. The number of rotatable bonds is 2. The van der Waals surface area contributed by atoms with Gasteiger partial charge in [-0.25, -0.2) is 0 Å². The molecule has 0 bridgehead atoms. The lowest BCUT2D eigenvalue weighted by atomic mass is 10.3. The zero-order chi connectivity index (χ0) is 5.82. The molecule has 1 atom stereocenters. The molecule has 1 aromatic rings. The average molecular weight is 162 g/mol. The van der Waals surface area contributed by atoms with E-state index in [2.05, 4.69) is 12.7 Å². The van der Waals surface area contributed by atoms with Gasteiger partial charge in [-0.05, 0) is 32.9 Å². The van der Waals surface area contributed by atoms with Crippen molar-refractivity contribution < 1.29 is 0 Å². The van der Waals surface area contributed by atoms with Crippen molar-refractivity contribution in [2.45, 2.75) is 19.8 Å². The maximum absolute atomic E-state index is 2.41. The third kappa shape index (κ3) is 1.87. The van der Waals surface area contributed by atoms with Crippen LogP contribution in [0.4, 0.5) is 0 Å². The molecule has 0 aliphatic carbocycles. The van der Waals surface area contributed by atoms with E-state index < -0.39 is 0 Å². The van der Waals surface area contributed by atoms with Crippen LogP contribution in [0.5, 0.6) is 0 Å². The van der Waals surface area contributed by atoms with Crippen molar-refractivity contribution in [2.75, 3.05) is 0 Å². The van der Waals surface area contributed by atoms with Crippen LogP contribution in [0.25, 0.3) is 0 Å². The van der Waals surface area contributed by atoms with Crippen molar-refractivity contribution in [2.24, 2.45) is 0 Å². The molecule has 1 aromatic heterocycles. The molecular weight excluding hydrogens is 153 g/mol. The molecule has 1 rings (SSSR count). The van der Waals surface area contributed by atoms with Crippen molar-refractivity contribution in [1.82, 2.24) is 0 Å². The molecule has 0 fully saturated rings. The largest absolute Gasteiger partial charge is 0.105 e. The first-order valence-corrected chi connectivity index (χ1v) is 7.20. The Kier molecular flexibility index (Phi) is 3.06. The van der Waals surface area contributed by atoms with Crippen LogP contribution in [0, 0.1) is 0 Å². The molecule has 1 unspecified atom stereocenters. The normalized spacial score (nSPS) is 12.6. The van der Waals surface area contributed by atoms with Gasteiger partial charge in [0, 0.05) is 0 Å². The fourth-order valence-corrected chi connectivity index (χ4v) is 6.41. The van der Waals surface area contributed by atoms with Crippen LogP contribution in [0.1, 0.15) is 18.6 Å². The lowest BCUT2D eigenvalue weighted by Crippen LogP contribution is -1.70. The highest BCUT2D eigenvalue weighted by Gasteiger charge is 1.87. The summed E-state index contributed by atoms with van der Waals surface area (Å²) < 4.78 is 0. The first kappa shape index (κ1) is 6.76. The van der Waals surface area contributed by atoms with Gasteiger partial charge in [0.1, 0.15) is 0 Å². The zero-order valence-corrected chi connectivity index (χ0v) is 7.67. The summed E-state index contributed by atoms with van der Waals surface area (Å²) in [6.45, 7) is 2.24. The highest BCUT2D eigenvalue weighted by molar-refractivity contribution is 8.17. The second-order valence-corrected chi connectivity index (χ2v) is 7.01. The molecule has 3 heteroatoms. The van der Waals surface area contributed by atoms with Crippen LogP contribution in [0.2, 0.25) is 0 Å². The van der Waals surface area contributed by atoms with Crippen LogP contribution in [0.3, 0.4) is 0 Å². The predicted molar refractivity (Wildman–Crippen MR) is 45.0 cm³/mol. The molecule has 0 aromatic carbocycles. The van der Waals surface area contributed by atoms with Crippen molar-refractivity contribution in [3.05, 3.63) is 11.1 Å². The Bertz CT molecular complexity index is 133. The Morgan fingerprint density at radius 3 is 3.12 bits per heavy atom. The van der Waals surface area contributed by atoms with Crippen molar-refractivity contribution >= 4 is 23.3 Å². The van der Waals surface area contributed by atoms with Gasteiger partial charge in [0.2, 0.25) is 0 Å². The summed E-state index contributed by atoms with van der Waals surface area (Å²) >= 11 is 0. The van der Waals surface area contributed by atoms with Crippen molar-refractivity contribution in [3.8, 4) is 0 Å². The highest BCUT2D eigenvalue weighted by Crippen LogP contribution is 2.36. The lowest BCUT2D eigenvalue weighted by Gasteiger charge is -1.85. The smallest absolute Gasteiger partial charge is 0.0118 e. The molecule has 0 amide bonds. The fraction of sp³-hybridized carbons (Fsp3) is 0.600. The van der Waals surface area contributed by atoms with E-state index in [9.17, 15) is 0 Å². The molecule has 0 saturated carbocycles. The van der Waals surface area contributed by atoms with Crippen LogP contribution < -0.4 is 0 Å². The topological polar surface area (TPSA) is 0 Å². The van der Waals surface area contributed by atoms with E-state index in [1.54, 1.807) is 20.7 Å². The number of aryl methyl sites for hydroxylation is 1. The van der Waals surface area contributed by atoms with E-state index in [0.29, 0.717) is 0 Å². The summed E-state index contributed by atoms with van der Waals surface area (Å²) in [6, 6.07) is 0. The van der Waals surface area contributed by atoms with Crippen LogP contribution in [0.15, 0.2) is 5.80 Å². The molecule has 0 nitrogen and oxygen atoms in total. The van der Waals surface area contributed by atoms with Gasteiger partial charge >= 0.3 is 0 Å². The van der Waals surface area contributed by atoms with E-state index in [1.807, 2.05) is 0 Å². The van der Waals surface area contributed by atoms with E-state index in [1.165, 1.54) is 12.8 Å². The van der Waals surface area contributed by atoms with Crippen LogP contribution in [-0.4, -0.2) is 0 Å². The maximum atomic E-state index is 2.41. The Morgan fingerprint density at radius 1 is 1.75 bits per heavy atom. The van der Waals surface area contributed by atoms with Crippen molar-refractivity contribution in [1.29, 1.82) is 0 Å². The van der Waals surface area contributed by atoms with Crippen LogP contribution >= 0.6 is 23.3 Å². The van der Waals surface area contributed by atoms with Crippen LogP contribution in [-0.2, 0) is 6.42 Å². The van der Waals surface area contributed by atoms with Gasteiger partial charge in [0.15, 0.2) is 0 Å². The fourth-order valence-electron chi connectivity index (χ4n) is 0.604. The first-order chi connectivity index (χ1) is 3.93. The third-order valence-electron chi connectivity index (χ3n) is 0.973. The zero-order valence-electron chi connectivity index (χ0n) is 4.89. The molecule has 8 heavy (non-hydrogen) atoms. The summed E-state index contributed by atoms with van der Waals surface area (Å²) in [5, 5.41) is 1.67. The summed E-state index contributed by atoms with van der Waals surface area (Å²) in [5.74, 6) is 2.41. The van der Waals surface area contributed by atoms with Gasteiger partial charge < -0.3 is 0 Å². The predicted octanol–water partition coefficient (Wildman–Crippen LogP) is 3.83. The molecule has 0 spiro atoms. The Balaban J connectivity index is 2.50. The molecular formula is C5H9P3. The van der Waals surface area contributed by atoms with Gasteiger partial charge in [-0.1, -0.05) is 13.3 Å². The Hall–Kier alpha value is 0.640. The molecule has 0 radical (unpaired) electrons. The molecule has 0 N–H and O–H groups in total. The van der Waals surface area contributed by atoms with E-state index >= 15 is 0 Å². The minimum absolute atomic E-state index is 1.10. The summed E-state index contributed by atoms with van der Waals surface area (Å²) in [7, 11) is 4.30. The standard InChI is InChI=1S/C5H9P3/c1-2-3-5-4-6-8-7-5/h4,6H,2-3H2,1H3. The van der Waals surface area contributed by atoms with Crippen molar-refractivity contribution in [3.63, 3.8) is 0 Å². The second-order valence-electron chi connectivity index (χ2n) is 1.71. The summed E-state index contributed by atoms with van der Waals surface area (Å²) in [6.07, 6.45) is 2.65. The molecule has 1 heterocycles. The number of hydrogen-bond donors (Lipinski definition) is 0. The quantitative estimate of drug-likeness (QED) is 0.619. The second kappa shape index (κ2) is 3.62. The SMILES string of the molecule is CCCc1c[pH]pp1. The Labute approximate surface area is 54.8 Å². The molecule has 0 saturated heterocycles. The Morgan fingerprint density at radius 2 is 2.62 bits per heavy atom.